The third-order valence-corrected chi connectivity index (χ3v) is 3.33. The van der Waals surface area contributed by atoms with E-state index in [1.165, 1.54) is 18.2 Å². The second kappa shape index (κ2) is 5.20. The van der Waals surface area contributed by atoms with Crippen molar-refractivity contribution in [3.8, 4) is 0 Å². The van der Waals surface area contributed by atoms with Crippen LogP contribution in [0.1, 0.15) is 13.8 Å². The van der Waals surface area contributed by atoms with Crippen LogP contribution in [0.5, 0.6) is 0 Å². The van der Waals surface area contributed by atoms with E-state index >= 15 is 0 Å². The second-order valence-corrected chi connectivity index (χ2v) is 5.17. The molecule has 1 N–H and O–H groups in total. The Labute approximate surface area is 119 Å². The number of urea groups is 1. The van der Waals surface area contributed by atoms with Crippen LogP contribution < -0.4 is 10.2 Å². The molecule has 7 heteroatoms. The summed E-state index contributed by atoms with van der Waals surface area (Å²) < 4.78 is 14.0. The lowest BCUT2D eigenvalue weighted by Crippen LogP contribution is -2.59. The van der Waals surface area contributed by atoms with Gasteiger partial charge in [-0.15, -0.1) is 0 Å². The topological polar surface area (TPSA) is 66.5 Å². The summed E-state index contributed by atoms with van der Waals surface area (Å²) in [7, 11) is 0. The van der Waals surface area contributed by atoms with Crippen molar-refractivity contribution < 1.29 is 18.8 Å². The van der Waals surface area contributed by atoms with E-state index in [2.05, 4.69) is 5.32 Å². The smallest absolute Gasteiger partial charge is 0.277 e. The molecule has 4 amide bonds. The Morgan fingerprint density at radius 1 is 1.30 bits per heavy atom. The van der Waals surface area contributed by atoms with Crippen molar-refractivity contribution >= 4 is 35.1 Å². The summed E-state index contributed by atoms with van der Waals surface area (Å²) in [4.78, 5) is 36.4. The van der Waals surface area contributed by atoms with Crippen LogP contribution in [0.4, 0.5) is 14.9 Å². The van der Waals surface area contributed by atoms with Gasteiger partial charge in [-0.25, -0.2) is 14.1 Å². The molecule has 0 bridgehead atoms. The number of barbiturate groups is 1. The monoisotopic (exact) mass is 298 g/mol. The number of nitrogens with one attached hydrogen (secondary N) is 1. The normalized spacial score (nSPS) is 19.6. The van der Waals surface area contributed by atoms with Crippen molar-refractivity contribution in [3.63, 3.8) is 0 Å². The molecule has 0 saturated carbocycles. The van der Waals surface area contributed by atoms with Crippen LogP contribution in [-0.4, -0.2) is 17.8 Å². The first kappa shape index (κ1) is 14.5. The molecular formula is C13H12ClFN2O3. The molecule has 106 valence electrons. The SMILES string of the molecule is CC(C)C1C(=O)NC(=O)N(c2cccc(Cl)c2F)C1=O. The van der Waals surface area contributed by atoms with Crippen molar-refractivity contribution in [3.05, 3.63) is 29.0 Å². The molecule has 0 spiro atoms. The molecule has 2 rings (SSSR count). The zero-order chi connectivity index (χ0) is 15.0. The predicted octanol–water partition coefficient (Wildman–Crippen LogP) is 2.33. The minimum absolute atomic E-state index is 0.207. The molecule has 5 nitrogen and oxygen atoms in total. The molecule has 0 aliphatic carbocycles. The zero-order valence-electron chi connectivity index (χ0n) is 10.8. The van der Waals surface area contributed by atoms with Gasteiger partial charge in [0.2, 0.25) is 11.8 Å². The predicted molar refractivity (Wildman–Crippen MR) is 70.8 cm³/mol. The zero-order valence-corrected chi connectivity index (χ0v) is 11.6. The second-order valence-electron chi connectivity index (χ2n) is 4.76. The van der Waals surface area contributed by atoms with Crippen molar-refractivity contribution in [2.75, 3.05) is 4.90 Å². The van der Waals surface area contributed by atoms with Gasteiger partial charge in [0.15, 0.2) is 5.82 Å². The highest BCUT2D eigenvalue weighted by atomic mass is 35.5. The van der Waals surface area contributed by atoms with Gasteiger partial charge in [-0.1, -0.05) is 31.5 Å². The average molecular weight is 299 g/mol. The van der Waals surface area contributed by atoms with Gasteiger partial charge in [0.1, 0.15) is 5.92 Å². The number of carbonyl (C=O) groups excluding carboxylic acids is 3. The van der Waals surface area contributed by atoms with Gasteiger partial charge in [-0.05, 0) is 18.1 Å². The Bertz CT molecular complexity index is 603. The third-order valence-electron chi connectivity index (χ3n) is 3.04. The summed E-state index contributed by atoms with van der Waals surface area (Å²) in [6.45, 7) is 3.34. The summed E-state index contributed by atoms with van der Waals surface area (Å²) in [5, 5.41) is 1.85. The molecule has 1 fully saturated rings. The van der Waals surface area contributed by atoms with Crippen molar-refractivity contribution in [2.45, 2.75) is 13.8 Å². The van der Waals surface area contributed by atoms with E-state index in [-0.39, 0.29) is 16.6 Å². The number of rotatable bonds is 2. The maximum absolute atomic E-state index is 14.0. The molecule has 1 aliphatic heterocycles. The molecule has 0 radical (unpaired) electrons. The molecule has 1 unspecified atom stereocenters. The Morgan fingerprint density at radius 2 is 1.95 bits per heavy atom. The largest absolute Gasteiger partial charge is 0.335 e. The number of hydrogen-bond acceptors (Lipinski definition) is 3. The minimum Gasteiger partial charge on any atom is -0.277 e. The lowest BCUT2D eigenvalue weighted by atomic mass is 9.92. The summed E-state index contributed by atoms with van der Waals surface area (Å²) in [5.74, 6) is -3.66. The Morgan fingerprint density at radius 3 is 2.55 bits per heavy atom. The quantitative estimate of drug-likeness (QED) is 0.852. The van der Waals surface area contributed by atoms with Gasteiger partial charge in [0.05, 0.1) is 10.7 Å². The third kappa shape index (κ3) is 2.27. The molecule has 1 aromatic carbocycles. The van der Waals surface area contributed by atoms with Crippen LogP contribution in [0.25, 0.3) is 0 Å². The van der Waals surface area contributed by atoms with Gasteiger partial charge >= 0.3 is 6.03 Å². The summed E-state index contributed by atoms with van der Waals surface area (Å²) >= 11 is 5.64. The number of nitrogens with zero attached hydrogens (tertiary/aromatic N) is 1. The van der Waals surface area contributed by atoms with Crippen molar-refractivity contribution in [1.29, 1.82) is 0 Å². The van der Waals surface area contributed by atoms with Gasteiger partial charge in [-0.3, -0.25) is 14.9 Å². The van der Waals surface area contributed by atoms with E-state index in [0.29, 0.717) is 4.90 Å². The first-order valence-electron chi connectivity index (χ1n) is 5.97. The van der Waals surface area contributed by atoms with Crippen LogP contribution in [-0.2, 0) is 9.59 Å². The molecule has 1 aliphatic rings. The standard InChI is InChI=1S/C13H12ClFN2O3/c1-6(2)9-11(18)16-13(20)17(12(9)19)8-5-3-4-7(14)10(8)15/h3-6,9H,1-2H3,(H,16,18,20). The maximum Gasteiger partial charge on any atom is 0.335 e. The Balaban J connectivity index is 2.49. The van der Waals surface area contributed by atoms with Gasteiger partial charge in [0.25, 0.3) is 0 Å². The average Bonchev–Trinajstić information content (AvgIpc) is 2.33. The number of amides is 4. The molecule has 1 atom stereocenters. The number of hydrogen-bond donors (Lipinski definition) is 1. The summed E-state index contributed by atoms with van der Waals surface area (Å²) in [6.07, 6.45) is 0. The van der Waals surface area contributed by atoms with Crippen molar-refractivity contribution in [2.24, 2.45) is 11.8 Å². The highest BCUT2D eigenvalue weighted by Gasteiger charge is 2.43. The molecule has 1 heterocycles. The first-order chi connectivity index (χ1) is 9.34. The Kier molecular flexibility index (Phi) is 3.76. The fourth-order valence-electron chi connectivity index (χ4n) is 2.07. The van der Waals surface area contributed by atoms with Crippen LogP contribution >= 0.6 is 11.6 Å². The van der Waals surface area contributed by atoms with E-state index in [9.17, 15) is 18.8 Å². The fraction of sp³-hybridized carbons (Fsp3) is 0.308. The van der Waals surface area contributed by atoms with E-state index < -0.39 is 29.6 Å². The number of imide groups is 2. The number of halogens is 2. The first-order valence-corrected chi connectivity index (χ1v) is 6.35. The highest BCUT2D eigenvalue weighted by Crippen LogP contribution is 2.29. The maximum atomic E-state index is 14.0. The summed E-state index contributed by atoms with van der Waals surface area (Å²) in [6, 6.07) is 3.00. The van der Waals surface area contributed by atoms with E-state index in [0.717, 1.165) is 0 Å². The molecule has 1 aromatic rings. The molecule has 1 saturated heterocycles. The van der Waals surface area contributed by atoms with Crippen LogP contribution in [0.3, 0.4) is 0 Å². The molecular weight excluding hydrogens is 287 g/mol. The number of carbonyl (C=O) groups is 3. The van der Waals surface area contributed by atoms with Crippen LogP contribution in [0, 0.1) is 17.7 Å². The van der Waals surface area contributed by atoms with Gasteiger partial charge < -0.3 is 0 Å². The lowest BCUT2D eigenvalue weighted by molar-refractivity contribution is -0.136. The number of anilines is 1. The van der Waals surface area contributed by atoms with Crippen molar-refractivity contribution in [1.82, 2.24) is 5.32 Å². The summed E-state index contributed by atoms with van der Waals surface area (Å²) in [5.41, 5.74) is -0.266. The molecule has 0 aromatic heterocycles. The van der Waals surface area contributed by atoms with E-state index in [1.807, 2.05) is 0 Å². The van der Waals surface area contributed by atoms with Crippen LogP contribution in [0.2, 0.25) is 5.02 Å². The van der Waals surface area contributed by atoms with Crippen LogP contribution in [0.15, 0.2) is 18.2 Å². The number of benzene rings is 1. The highest BCUT2D eigenvalue weighted by molar-refractivity contribution is 6.32. The minimum atomic E-state index is -1.04. The lowest BCUT2D eigenvalue weighted by Gasteiger charge is -2.32. The van der Waals surface area contributed by atoms with E-state index in [4.69, 9.17) is 11.6 Å². The fourth-order valence-corrected chi connectivity index (χ4v) is 2.24. The Hall–Kier alpha value is -1.95. The van der Waals surface area contributed by atoms with Gasteiger partial charge in [0, 0.05) is 0 Å². The van der Waals surface area contributed by atoms with E-state index in [1.54, 1.807) is 13.8 Å². The molecule has 20 heavy (non-hydrogen) atoms. The van der Waals surface area contributed by atoms with Gasteiger partial charge in [-0.2, -0.15) is 0 Å².